The minimum Gasteiger partial charge on any atom is -0.396 e. The molecule has 0 saturated carbocycles. The smallest absolute Gasteiger partial charge is 0.0535 e. The summed E-state index contributed by atoms with van der Waals surface area (Å²) in [4.78, 5) is 0. The highest BCUT2D eigenvalue weighted by molar-refractivity contribution is 4.87. The van der Waals surface area contributed by atoms with Crippen LogP contribution < -0.4 is 0 Å². The van der Waals surface area contributed by atoms with Crippen LogP contribution in [0, 0.1) is 11.3 Å². The number of rotatable bonds is 4. The van der Waals surface area contributed by atoms with Crippen molar-refractivity contribution < 1.29 is 20.1 Å². The van der Waals surface area contributed by atoms with E-state index >= 15 is 0 Å². The van der Waals surface area contributed by atoms with Crippen LogP contribution in [0.1, 0.15) is 6.42 Å². The lowest BCUT2D eigenvalue weighted by Crippen LogP contribution is -2.41. The van der Waals surface area contributed by atoms with Crippen molar-refractivity contribution in [1.82, 2.24) is 0 Å². The molecule has 1 saturated heterocycles. The van der Waals surface area contributed by atoms with Gasteiger partial charge in [-0.1, -0.05) is 0 Å². The third kappa shape index (κ3) is 1.61. The van der Waals surface area contributed by atoms with Gasteiger partial charge in [0, 0.05) is 12.0 Å². The van der Waals surface area contributed by atoms with Gasteiger partial charge in [-0.25, -0.2) is 0 Å². The van der Waals surface area contributed by atoms with Crippen molar-refractivity contribution in [3.05, 3.63) is 0 Å². The van der Waals surface area contributed by atoms with E-state index < -0.39 is 5.41 Å². The van der Waals surface area contributed by atoms with Crippen LogP contribution in [0.2, 0.25) is 0 Å². The lowest BCUT2D eigenvalue weighted by molar-refractivity contribution is -0.0404. The Hall–Kier alpha value is -0.160. The summed E-state index contributed by atoms with van der Waals surface area (Å²) in [5.74, 6) is 0.0810. The van der Waals surface area contributed by atoms with Gasteiger partial charge in [0.15, 0.2) is 0 Å². The van der Waals surface area contributed by atoms with E-state index in [-0.39, 0.29) is 25.7 Å². The first-order valence-electron chi connectivity index (χ1n) is 4.19. The van der Waals surface area contributed by atoms with Gasteiger partial charge in [-0.2, -0.15) is 0 Å². The van der Waals surface area contributed by atoms with Crippen LogP contribution >= 0.6 is 0 Å². The first-order valence-corrected chi connectivity index (χ1v) is 4.19. The lowest BCUT2D eigenvalue weighted by Gasteiger charge is -2.32. The molecular formula is C8H16O4. The second-order valence-electron chi connectivity index (χ2n) is 3.40. The zero-order valence-corrected chi connectivity index (χ0v) is 7.07. The quantitative estimate of drug-likeness (QED) is 0.513. The van der Waals surface area contributed by atoms with E-state index in [1.54, 1.807) is 0 Å². The SMILES string of the molecule is OCC(CO)(CO)C1CCOC1. The molecule has 1 aliphatic heterocycles. The molecule has 1 atom stereocenters. The van der Waals surface area contributed by atoms with E-state index in [9.17, 15) is 0 Å². The molecule has 0 radical (unpaired) electrons. The summed E-state index contributed by atoms with van der Waals surface area (Å²) in [6.45, 7) is 0.629. The largest absolute Gasteiger partial charge is 0.396 e. The van der Waals surface area contributed by atoms with Crippen molar-refractivity contribution in [3.8, 4) is 0 Å². The molecule has 1 heterocycles. The second-order valence-corrected chi connectivity index (χ2v) is 3.40. The van der Waals surface area contributed by atoms with Crippen molar-refractivity contribution in [1.29, 1.82) is 0 Å². The van der Waals surface area contributed by atoms with Crippen LogP contribution in [0.3, 0.4) is 0 Å². The van der Waals surface area contributed by atoms with Crippen LogP contribution in [-0.2, 0) is 4.74 Å². The minimum atomic E-state index is -0.753. The molecule has 72 valence electrons. The van der Waals surface area contributed by atoms with Gasteiger partial charge in [-0.3, -0.25) is 0 Å². The molecule has 4 nitrogen and oxygen atoms in total. The zero-order chi connectivity index (χ0) is 9.03. The number of hydrogen-bond donors (Lipinski definition) is 3. The number of aliphatic hydroxyl groups is 3. The van der Waals surface area contributed by atoms with Crippen molar-refractivity contribution in [2.75, 3.05) is 33.0 Å². The van der Waals surface area contributed by atoms with E-state index in [1.807, 2.05) is 0 Å². The van der Waals surface area contributed by atoms with Crippen molar-refractivity contribution in [2.24, 2.45) is 11.3 Å². The Labute approximate surface area is 71.8 Å². The Kier molecular flexibility index (Phi) is 3.46. The zero-order valence-electron chi connectivity index (χ0n) is 7.07. The molecule has 12 heavy (non-hydrogen) atoms. The molecule has 3 N–H and O–H groups in total. The van der Waals surface area contributed by atoms with Crippen molar-refractivity contribution >= 4 is 0 Å². The van der Waals surface area contributed by atoms with E-state index in [0.29, 0.717) is 13.2 Å². The average Bonchev–Trinajstić information content (AvgIpc) is 2.62. The molecule has 0 spiro atoms. The van der Waals surface area contributed by atoms with Crippen LogP contribution in [0.5, 0.6) is 0 Å². The maximum Gasteiger partial charge on any atom is 0.0535 e. The van der Waals surface area contributed by atoms with Gasteiger partial charge in [-0.05, 0) is 12.3 Å². The highest BCUT2D eigenvalue weighted by Gasteiger charge is 2.39. The molecule has 1 fully saturated rings. The van der Waals surface area contributed by atoms with Crippen LogP contribution in [0.25, 0.3) is 0 Å². The molecule has 0 amide bonds. The maximum atomic E-state index is 9.06. The predicted molar refractivity (Wildman–Crippen MR) is 42.6 cm³/mol. The maximum absolute atomic E-state index is 9.06. The van der Waals surface area contributed by atoms with E-state index in [0.717, 1.165) is 6.42 Å². The fraction of sp³-hybridized carbons (Fsp3) is 1.00. The molecule has 0 bridgehead atoms. The second kappa shape index (κ2) is 4.18. The molecule has 0 aliphatic carbocycles. The van der Waals surface area contributed by atoms with Crippen molar-refractivity contribution in [2.45, 2.75) is 6.42 Å². The molecule has 1 rings (SSSR count). The van der Waals surface area contributed by atoms with Crippen molar-refractivity contribution in [3.63, 3.8) is 0 Å². The first kappa shape index (κ1) is 9.92. The summed E-state index contributed by atoms with van der Waals surface area (Å²) in [5.41, 5.74) is -0.753. The fourth-order valence-electron chi connectivity index (χ4n) is 1.55. The summed E-state index contributed by atoms with van der Waals surface area (Å²) in [5, 5.41) is 27.2. The summed E-state index contributed by atoms with van der Waals surface area (Å²) in [6.07, 6.45) is 0.807. The van der Waals surface area contributed by atoms with Gasteiger partial charge in [0.2, 0.25) is 0 Å². The fourth-order valence-corrected chi connectivity index (χ4v) is 1.55. The third-order valence-electron chi connectivity index (χ3n) is 2.74. The summed E-state index contributed by atoms with van der Waals surface area (Å²) in [6, 6.07) is 0. The molecule has 0 aromatic carbocycles. The Bertz CT molecular complexity index is 119. The molecule has 4 heteroatoms. The highest BCUT2D eigenvalue weighted by Crippen LogP contribution is 2.32. The monoisotopic (exact) mass is 176 g/mol. The number of hydrogen-bond acceptors (Lipinski definition) is 4. The predicted octanol–water partition coefficient (Wildman–Crippen LogP) is -1.01. The molecule has 0 aromatic heterocycles. The topological polar surface area (TPSA) is 69.9 Å². The van der Waals surface area contributed by atoms with E-state index in [1.165, 1.54) is 0 Å². The molecule has 1 unspecified atom stereocenters. The molecule has 0 aromatic rings. The lowest BCUT2D eigenvalue weighted by atomic mass is 9.77. The van der Waals surface area contributed by atoms with Gasteiger partial charge >= 0.3 is 0 Å². The van der Waals surface area contributed by atoms with Crippen LogP contribution in [0.4, 0.5) is 0 Å². The highest BCUT2D eigenvalue weighted by atomic mass is 16.5. The Morgan fingerprint density at radius 2 is 1.75 bits per heavy atom. The van der Waals surface area contributed by atoms with Crippen LogP contribution in [0.15, 0.2) is 0 Å². The standard InChI is InChI=1S/C8H16O4/c9-4-8(5-10,6-11)7-1-2-12-3-7/h7,9-11H,1-6H2. The number of aliphatic hydroxyl groups excluding tert-OH is 3. The van der Waals surface area contributed by atoms with Gasteiger partial charge in [0.25, 0.3) is 0 Å². The summed E-state index contributed by atoms with van der Waals surface area (Å²) < 4.78 is 5.14. The van der Waals surface area contributed by atoms with Gasteiger partial charge in [0.05, 0.1) is 26.4 Å². The summed E-state index contributed by atoms with van der Waals surface area (Å²) >= 11 is 0. The molecule has 1 aliphatic rings. The Morgan fingerprint density at radius 3 is 2.08 bits per heavy atom. The average molecular weight is 176 g/mol. The van der Waals surface area contributed by atoms with Gasteiger partial charge in [0.1, 0.15) is 0 Å². The van der Waals surface area contributed by atoms with E-state index in [4.69, 9.17) is 20.1 Å². The molecular weight excluding hydrogens is 160 g/mol. The first-order chi connectivity index (χ1) is 5.79. The van der Waals surface area contributed by atoms with Gasteiger partial charge < -0.3 is 20.1 Å². The Morgan fingerprint density at radius 1 is 1.17 bits per heavy atom. The third-order valence-corrected chi connectivity index (χ3v) is 2.74. The minimum absolute atomic E-state index is 0.0810. The Balaban J connectivity index is 2.61. The normalized spacial score (nSPS) is 24.8. The van der Waals surface area contributed by atoms with E-state index in [2.05, 4.69) is 0 Å². The number of ether oxygens (including phenoxy) is 1. The van der Waals surface area contributed by atoms with Crippen LogP contribution in [-0.4, -0.2) is 48.4 Å². The summed E-state index contributed by atoms with van der Waals surface area (Å²) in [7, 11) is 0. The van der Waals surface area contributed by atoms with Gasteiger partial charge in [-0.15, -0.1) is 0 Å².